The molecule has 0 radical (unpaired) electrons. The average molecular weight is 578 g/mol. The number of allylic oxidation sites excluding steroid dienone is 1. The number of rotatable bonds is 8. The van der Waals surface area contributed by atoms with Gasteiger partial charge in [0.25, 0.3) is 0 Å². The lowest BCUT2D eigenvalue weighted by atomic mass is 10.1. The number of nitrogens with zero attached hydrogens (tertiary/aromatic N) is 5. The lowest BCUT2D eigenvalue weighted by molar-refractivity contribution is -0.0773. The summed E-state index contributed by atoms with van der Waals surface area (Å²) < 4.78 is 47.4. The Morgan fingerprint density at radius 3 is 2.82 bits per heavy atom. The van der Waals surface area contributed by atoms with Gasteiger partial charge in [0, 0.05) is 36.2 Å². The third-order valence-corrected chi connectivity index (χ3v) is 10.6. The lowest BCUT2D eigenvalue weighted by Gasteiger charge is -2.44. The molecule has 208 valence electrons. The number of aromatic nitrogens is 3. The molecular formula is C27H30ClF2N5O3S. The zero-order valence-electron chi connectivity index (χ0n) is 21.6. The highest BCUT2D eigenvalue weighted by molar-refractivity contribution is 8.32. The third kappa shape index (κ3) is 5.18. The van der Waals surface area contributed by atoms with Crippen LogP contribution in [0.2, 0.25) is 5.02 Å². The Kier molecular flexibility index (Phi) is 7.60. The first kappa shape index (κ1) is 26.6. The molecule has 6 rings (SSSR count). The molecule has 8 nitrogen and oxygen atoms in total. The molecular weight excluding hydrogens is 548 g/mol. The maximum atomic E-state index is 15.4. The summed E-state index contributed by atoms with van der Waals surface area (Å²) in [4.78, 5) is 12.2. The van der Waals surface area contributed by atoms with E-state index in [0.717, 1.165) is 35.3 Å². The Morgan fingerprint density at radius 1 is 1.28 bits per heavy atom. The van der Waals surface area contributed by atoms with Crippen molar-refractivity contribution in [3.05, 3.63) is 63.8 Å². The molecule has 12 heteroatoms. The van der Waals surface area contributed by atoms with E-state index in [9.17, 15) is 4.39 Å². The Hall–Kier alpha value is -2.57. The molecule has 0 aliphatic carbocycles. The summed E-state index contributed by atoms with van der Waals surface area (Å²) in [6.07, 6.45) is 3.95. The number of hydrogen-bond donors (Lipinski definition) is 1. The molecule has 0 bridgehead atoms. The van der Waals surface area contributed by atoms with Gasteiger partial charge in [-0.3, -0.25) is 14.9 Å². The quantitative estimate of drug-likeness (QED) is 0.387. The molecule has 3 aliphatic heterocycles. The number of hydrogen-bond acceptors (Lipinski definition) is 7. The van der Waals surface area contributed by atoms with E-state index in [1.54, 1.807) is 23.9 Å². The number of fused-ring (bicyclic) bond motifs is 1. The van der Waals surface area contributed by atoms with Crippen LogP contribution in [0.25, 0.3) is 11.2 Å². The van der Waals surface area contributed by atoms with Crippen LogP contribution < -0.4 is 4.74 Å². The minimum atomic E-state index is -0.899. The Balaban J connectivity index is 1.24. The van der Waals surface area contributed by atoms with Crippen LogP contribution >= 0.6 is 22.5 Å². The first-order chi connectivity index (χ1) is 18.9. The molecule has 39 heavy (non-hydrogen) atoms. The molecule has 0 amide bonds. The fraction of sp³-hybridized carbons (Fsp3) is 0.444. The lowest BCUT2D eigenvalue weighted by Crippen LogP contribution is -2.55. The minimum Gasteiger partial charge on any atom is -0.488 e. The second-order valence-corrected chi connectivity index (χ2v) is 12.7. The van der Waals surface area contributed by atoms with Crippen molar-refractivity contribution >= 4 is 39.3 Å². The van der Waals surface area contributed by atoms with E-state index in [2.05, 4.69) is 21.9 Å². The van der Waals surface area contributed by atoms with Crippen molar-refractivity contribution in [1.29, 1.82) is 0 Å². The number of thiol groups is 1. The van der Waals surface area contributed by atoms with Gasteiger partial charge in [-0.15, -0.1) is 0 Å². The van der Waals surface area contributed by atoms with Crippen LogP contribution in [0.1, 0.15) is 30.7 Å². The van der Waals surface area contributed by atoms with Crippen LogP contribution in [0, 0.1) is 5.82 Å². The van der Waals surface area contributed by atoms with Gasteiger partial charge in [-0.05, 0) is 43.0 Å². The molecule has 3 aromatic heterocycles. The predicted molar refractivity (Wildman–Crippen MR) is 149 cm³/mol. The largest absolute Gasteiger partial charge is 0.488 e. The van der Waals surface area contributed by atoms with Gasteiger partial charge < -0.3 is 14.2 Å². The molecule has 0 N–H and O–H groups in total. The van der Waals surface area contributed by atoms with E-state index in [-0.39, 0.29) is 11.9 Å². The Morgan fingerprint density at radius 2 is 2.13 bits per heavy atom. The summed E-state index contributed by atoms with van der Waals surface area (Å²) >= 11 is 6.45. The summed E-state index contributed by atoms with van der Waals surface area (Å²) in [5, 5.41) is 4.77. The number of methoxy groups -OCH3 is 1. The fourth-order valence-electron chi connectivity index (χ4n) is 5.34. The standard InChI is InChI=1S/C27H30ClF2N5O3S/c1-16-26(32-15-39(16)25-5-6-34(11-21(25)30)19-12-37-13-19)17-7-23(27-20(28)9-33-35(27)10-17)38-14-24(36-2)22-4-3-18(29)8-31-22/h3-4,7-10,15,19,21,24-25,39H,5-6,11-14H2,1-2H3/t21-,24?,25+/m0/s1. The van der Waals surface area contributed by atoms with Crippen LogP contribution in [0.3, 0.4) is 0 Å². The zero-order valence-corrected chi connectivity index (χ0v) is 23.3. The van der Waals surface area contributed by atoms with Crippen molar-refractivity contribution in [1.82, 2.24) is 19.5 Å². The van der Waals surface area contributed by atoms with E-state index >= 15 is 4.39 Å². The number of ether oxygens (including phenoxy) is 3. The summed E-state index contributed by atoms with van der Waals surface area (Å²) in [5.74, 6) is 0.0820. The smallest absolute Gasteiger partial charge is 0.147 e. The van der Waals surface area contributed by atoms with Crippen LogP contribution in [0.15, 0.2) is 46.7 Å². The monoisotopic (exact) mass is 577 g/mol. The van der Waals surface area contributed by atoms with Gasteiger partial charge in [-0.2, -0.15) is 16.0 Å². The topological polar surface area (TPSA) is 73.5 Å². The number of alkyl halides is 1. The van der Waals surface area contributed by atoms with Gasteiger partial charge in [-0.1, -0.05) is 11.6 Å². The number of likely N-dealkylation sites (tertiary alicyclic amines) is 1. The van der Waals surface area contributed by atoms with Crippen molar-refractivity contribution < 1.29 is 23.0 Å². The van der Waals surface area contributed by atoms with Crippen molar-refractivity contribution in [2.75, 3.05) is 40.0 Å². The van der Waals surface area contributed by atoms with Crippen LogP contribution in [0.5, 0.6) is 5.75 Å². The highest BCUT2D eigenvalue weighted by Gasteiger charge is 2.39. The summed E-state index contributed by atoms with van der Waals surface area (Å²) in [6.45, 7) is 4.91. The highest BCUT2D eigenvalue weighted by atomic mass is 35.5. The highest BCUT2D eigenvalue weighted by Crippen LogP contribution is 2.51. The number of piperidine rings is 1. The summed E-state index contributed by atoms with van der Waals surface area (Å²) in [6, 6.07) is 5.13. The molecule has 2 unspecified atom stereocenters. The number of halogens is 3. The molecule has 4 atom stereocenters. The molecule has 3 aromatic rings. The molecule has 6 heterocycles. The van der Waals surface area contributed by atoms with E-state index in [1.165, 1.54) is 6.07 Å². The normalized spacial score (nSPS) is 25.8. The van der Waals surface area contributed by atoms with Crippen molar-refractivity contribution in [2.45, 2.75) is 36.9 Å². The van der Waals surface area contributed by atoms with E-state index in [4.69, 9.17) is 30.8 Å². The fourth-order valence-corrected chi connectivity index (χ4v) is 7.91. The van der Waals surface area contributed by atoms with E-state index in [0.29, 0.717) is 47.8 Å². The zero-order chi connectivity index (χ0) is 27.1. The van der Waals surface area contributed by atoms with Gasteiger partial charge in [0.05, 0.1) is 48.1 Å². The SMILES string of the molecule is COC(COc1cc(C2=C(C)[SH]([C@@H]3CCN(C4COC4)C[C@@H]3F)C=N2)cn2ncc(Cl)c12)c1ccc(F)cn1. The number of pyridine rings is 2. The Bertz CT molecular complexity index is 1410. The third-order valence-electron chi connectivity index (χ3n) is 7.63. The van der Waals surface area contributed by atoms with Gasteiger partial charge in [0.15, 0.2) is 0 Å². The van der Waals surface area contributed by atoms with Crippen molar-refractivity contribution in [3.8, 4) is 5.75 Å². The predicted octanol–water partition coefficient (Wildman–Crippen LogP) is 4.83. The molecule has 0 spiro atoms. The van der Waals surface area contributed by atoms with Crippen LogP contribution in [-0.2, 0) is 9.47 Å². The second kappa shape index (κ2) is 11.1. The first-order valence-electron chi connectivity index (χ1n) is 12.9. The van der Waals surface area contributed by atoms with Crippen molar-refractivity contribution in [3.63, 3.8) is 0 Å². The summed E-state index contributed by atoms with van der Waals surface area (Å²) in [5.41, 5.74) is 4.73. The molecule has 2 fully saturated rings. The molecule has 0 saturated carbocycles. The average Bonchev–Trinajstić information content (AvgIpc) is 3.46. The van der Waals surface area contributed by atoms with Gasteiger partial charge in [0.1, 0.15) is 36.0 Å². The summed E-state index contributed by atoms with van der Waals surface area (Å²) in [7, 11) is 0.692. The number of aliphatic imine (C=N–C) groups is 1. The second-order valence-electron chi connectivity index (χ2n) is 9.96. The van der Waals surface area contributed by atoms with Crippen LogP contribution in [0.4, 0.5) is 8.78 Å². The van der Waals surface area contributed by atoms with Crippen LogP contribution in [-0.4, -0.2) is 82.5 Å². The van der Waals surface area contributed by atoms with Gasteiger partial charge in [0.2, 0.25) is 0 Å². The molecule has 0 aromatic carbocycles. The van der Waals surface area contributed by atoms with Crippen molar-refractivity contribution in [2.24, 2.45) is 4.99 Å². The van der Waals surface area contributed by atoms with Gasteiger partial charge >= 0.3 is 0 Å². The first-order valence-corrected chi connectivity index (χ1v) is 14.7. The van der Waals surface area contributed by atoms with Gasteiger partial charge in [-0.25, -0.2) is 13.3 Å². The van der Waals surface area contributed by atoms with E-state index in [1.807, 2.05) is 17.8 Å². The van der Waals surface area contributed by atoms with E-state index < -0.39 is 29.0 Å². The molecule has 2 saturated heterocycles. The maximum absolute atomic E-state index is 15.4. The maximum Gasteiger partial charge on any atom is 0.147 e. The minimum absolute atomic E-state index is 0.0530. The Labute approximate surface area is 233 Å². The molecule has 3 aliphatic rings.